The Balaban J connectivity index is 1.61. The van der Waals surface area contributed by atoms with Gasteiger partial charge in [0.05, 0.1) is 32.8 Å². The number of hydrogen-bond donors (Lipinski definition) is 1. The Labute approximate surface area is 231 Å². The van der Waals surface area contributed by atoms with Crippen LogP contribution in [0.3, 0.4) is 0 Å². The van der Waals surface area contributed by atoms with Crippen LogP contribution in [0.25, 0.3) is 9.75 Å². The zero-order valence-corrected chi connectivity index (χ0v) is 23.4. The molecule has 0 amide bonds. The molecule has 1 aromatic carbocycles. The van der Waals surface area contributed by atoms with Gasteiger partial charge in [0.15, 0.2) is 0 Å². The monoisotopic (exact) mass is 555 g/mol. The molecule has 7 nitrogen and oxygen atoms in total. The molecule has 3 rings (SSSR count). The summed E-state index contributed by atoms with van der Waals surface area (Å²) in [5, 5.41) is 9.04. The van der Waals surface area contributed by atoms with Crippen molar-refractivity contribution >= 4 is 46.5 Å². The molecule has 38 heavy (non-hydrogen) atoms. The molecule has 1 N–H and O–H groups in total. The summed E-state index contributed by atoms with van der Waals surface area (Å²) < 4.78 is 16.3. The number of carboxylic acid groups (broad SMARTS) is 1. The molecule has 202 valence electrons. The van der Waals surface area contributed by atoms with Gasteiger partial charge in [-0.2, -0.15) is 0 Å². The van der Waals surface area contributed by atoms with Crippen molar-refractivity contribution in [1.29, 1.82) is 0 Å². The second-order valence-corrected chi connectivity index (χ2v) is 10.9. The van der Waals surface area contributed by atoms with E-state index in [0.29, 0.717) is 44.1 Å². The predicted molar refractivity (Wildman–Crippen MR) is 153 cm³/mol. The first kappa shape index (κ1) is 29.3. The zero-order valence-electron chi connectivity index (χ0n) is 21.7. The maximum absolute atomic E-state index is 11.7. The quantitative estimate of drug-likeness (QED) is 0.0908. The lowest BCUT2D eigenvalue weighted by molar-refractivity contribution is -0.145. The SMILES string of the molecule is C=CCOCCC(=O)OCCCOc1ccc(CCC(=O)O)cc1N=Cc1ccc(-c2cc(C)c(C)s2)s1. The predicted octanol–water partition coefficient (Wildman–Crippen LogP) is 6.77. The Morgan fingerprint density at radius 1 is 1.03 bits per heavy atom. The molecule has 0 saturated carbocycles. The molecule has 2 heterocycles. The lowest BCUT2D eigenvalue weighted by Gasteiger charge is -2.11. The van der Waals surface area contributed by atoms with Gasteiger partial charge in [-0.05, 0) is 61.7 Å². The van der Waals surface area contributed by atoms with Gasteiger partial charge in [0.2, 0.25) is 0 Å². The molecule has 0 saturated heterocycles. The second-order valence-electron chi connectivity index (χ2n) is 8.54. The molecular formula is C29H33NO6S2. The summed E-state index contributed by atoms with van der Waals surface area (Å²) in [5.74, 6) is -0.571. The molecule has 0 aliphatic carbocycles. The van der Waals surface area contributed by atoms with Gasteiger partial charge in [-0.3, -0.25) is 14.6 Å². The van der Waals surface area contributed by atoms with E-state index in [0.717, 1.165) is 10.4 Å². The van der Waals surface area contributed by atoms with Crippen molar-refractivity contribution in [2.45, 2.75) is 39.5 Å². The van der Waals surface area contributed by atoms with Gasteiger partial charge in [-0.1, -0.05) is 12.1 Å². The topological polar surface area (TPSA) is 94.4 Å². The minimum Gasteiger partial charge on any atom is -0.491 e. The van der Waals surface area contributed by atoms with Crippen LogP contribution in [0, 0.1) is 13.8 Å². The third-order valence-electron chi connectivity index (χ3n) is 5.51. The highest BCUT2D eigenvalue weighted by Crippen LogP contribution is 2.35. The van der Waals surface area contributed by atoms with Crippen molar-refractivity contribution in [2.75, 3.05) is 26.4 Å². The van der Waals surface area contributed by atoms with Crippen molar-refractivity contribution in [1.82, 2.24) is 0 Å². The van der Waals surface area contributed by atoms with Crippen LogP contribution in [-0.2, 0) is 25.5 Å². The molecule has 0 aliphatic heterocycles. The van der Waals surface area contributed by atoms with Gasteiger partial charge in [0.1, 0.15) is 11.4 Å². The van der Waals surface area contributed by atoms with Crippen molar-refractivity contribution in [3.63, 3.8) is 0 Å². The Hall–Kier alpha value is -3.27. The summed E-state index contributed by atoms with van der Waals surface area (Å²) in [6.45, 7) is 9.10. The molecule has 3 aromatic rings. The van der Waals surface area contributed by atoms with E-state index in [1.807, 2.05) is 24.3 Å². The molecular weight excluding hydrogens is 522 g/mol. The molecule has 0 fully saturated rings. The third kappa shape index (κ3) is 9.55. The highest BCUT2D eigenvalue weighted by molar-refractivity contribution is 7.23. The summed E-state index contributed by atoms with van der Waals surface area (Å²) in [5.41, 5.74) is 2.79. The average Bonchev–Trinajstić information content (AvgIpc) is 3.50. The number of hydrogen-bond acceptors (Lipinski definition) is 8. The van der Waals surface area contributed by atoms with E-state index in [2.05, 4.69) is 37.6 Å². The number of ether oxygens (including phenoxy) is 3. The Morgan fingerprint density at radius 2 is 1.87 bits per heavy atom. The fourth-order valence-electron chi connectivity index (χ4n) is 3.40. The molecule has 0 bridgehead atoms. The average molecular weight is 556 g/mol. The fraction of sp³-hybridized carbons (Fsp3) is 0.345. The minimum absolute atomic E-state index is 0.0429. The van der Waals surface area contributed by atoms with E-state index in [-0.39, 0.29) is 25.4 Å². The number of rotatable bonds is 16. The lowest BCUT2D eigenvalue weighted by Crippen LogP contribution is -2.11. The van der Waals surface area contributed by atoms with E-state index in [1.165, 1.54) is 20.2 Å². The van der Waals surface area contributed by atoms with Gasteiger partial charge in [-0.25, -0.2) is 0 Å². The summed E-state index contributed by atoms with van der Waals surface area (Å²) in [4.78, 5) is 32.2. The van der Waals surface area contributed by atoms with Gasteiger partial charge >= 0.3 is 11.9 Å². The molecule has 0 radical (unpaired) electrons. The molecule has 2 aromatic heterocycles. The van der Waals surface area contributed by atoms with Crippen LogP contribution in [0.1, 0.15) is 40.1 Å². The first-order chi connectivity index (χ1) is 18.4. The number of carbonyl (C=O) groups is 2. The Morgan fingerprint density at radius 3 is 2.61 bits per heavy atom. The summed E-state index contributed by atoms with van der Waals surface area (Å²) >= 11 is 3.45. The van der Waals surface area contributed by atoms with Gasteiger partial charge in [0.25, 0.3) is 0 Å². The highest BCUT2D eigenvalue weighted by atomic mass is 32.1. The van der Waals surface area contributed by atoms with Crippen LogP contribution in [0.2, 0.25) is 0 Å². The molecule has 9 heteroatoms. The highest BCUT2D eigenvalue weighted by Gasteiger charge is 2.09. The zero-order chi connectivity index (χ0) is 27.3. The number of thiophene rings is 2. The molecule has 0 atom stereocenters. The maximum atomic E-state index is 11.7. The first-order valence-electron chi connectivity index (χ1n) is 12.4. The van der Waals surface area contributed by atoms with Crippen LogP contribution in [0.4, 0.5) is 5.69 Å². The van der Waals surface area contributed by atoms with Crippen LogP contribution < -0.4 is 4.74 Å². The van der Waals surface area contributed by atoms with Gasteiger partial charge in [0, 0.05) is 38.6 Å². The van der Waals surface area contributed by atoms with E-state index >= 15 is 0 Å². The smallest absolute Gasteiger partial charge is 0.308 e. The largest absolute Gasteiger partial charge is 0.491 e. The van der Waals surface area contributed by atoms with Crippen LogP contribution in [-0.4, -0.2) is 49.7 Å². The van der Waals surface area contributed by atoms with E-state index in [1.54, 1.807) is 35.0 Å². The van der Waals surface area contributed by atoms with Crippen molar-refractivity contribution in [3.8, 4) is 15.5 Å². The van der Waals surface area contributed by atoms with Gasteiger partial charge < -0.3 is 19.3 Å². The van der Waals surface area contributed by atoms with Crippen molar-refractivity contribution in [2.24, 2.45) is 4.99 Å². The van der Waals surface area contributed by atoms with Crippen LogP contribution >= 0.6 is 22.7 Å². The van der Waals surface area contributed by atoms with Crippen molar-refractivity contribution in [3.05, 3.63) is 69.9 Å². The summed E-state index contributed by atoms with van der Waals surface area (Å²) in [7, 11) is 0. The normalized spacial score (nSPS) is 11.1. The molecule has 0 aliphatic rings. The van der Waals surface area contributed by atoms with Crippen LogP contribution in [0.15, 0.2) is 54.0 Å². The third-order valence-corrected chi connectivity index (χ3v) is 7.88. The number of aryl methyl sites for hydroxylation is 3. The number of carbonyl (C=O) groups excluding carboxylic acids is 1. The minimum atomic E-state index is -0.845. The van der Waals surface area contributed by atoms with E-state index in [9.17, 15) is 9.59 Å². The Kier molecular flexibility index (Phi) is 11.7. The van der Waals surface area contributed by atoms with Gasteiger partial charge in [-0.15, -0.1) is 29.3 Å². The Bertz CT molecular complexity index is 1240. The number of carboxylic acids is 1. The van der Waals surface area contributed by atoms with E-state index < -0.39 is 5.97 Å². The molecule has 0 unspecified atom stereocenters. The maximum Gasteiger partial charge on any atom is 0.308 e. The number of benzene rings is 1. The van der Waals surface area contributed by atoms with Crippen molar-refractivity contribution < 1.29 is 28.9 Å². The standard InChI is InChI=1S/C29H33NO6S2/c1-4-13-34-16-12-29(33)36-15-5-14-35-25-9-6-22(7-11-28(31)32)18-24(25)30-19-23-8-10-26(38-23)27-17-20(2)21(3)37-27/h4,6,8-10,17-19H,1,5,7,11-16H2,2-3H3,(H,31,32). The second kappa shape index (κ2) is 15.2. The van der Waals surface area contributed by atoms with Crippen LogP contribution in [0.5, 0.6) is 5.75 Å². The summed E-state index contributed by atoms with van der Waals surface area (Å²) in [6.07, 6.45) is 4.61. The molecule has 0 spiro atoms. The fourth-order valence-corrected chi connectivity index (χ4v) is 5.39. The number of aliphatic imine (C=N–C) groups is 1. The lowest BCUT2D eigenvalue weighted by atomic mass is 10.1. The summed E-state index contributed by atoms with van der Waals surface area (Å²) in [6, 6.07) is 11.9. The number of aliphatic carboxylic acids is 1. The number of esters is 1. The number of nitrogens with zero attached hydrogens (tertiary/aromatic N) is 1. The van der Waals surface area contributed by atoms with E-state index in [4.69, 9.17) is 19.3 Å². The first-order valence-corrected chi connectivity index (χ1v) is 14.0.